The Kier molecular flexibility index (Phi) is 73.4. The van der Waals surface area contributed by atoms with Gasteiger partial charge < -0.3 is 18.9 Å². The Balaban J connectivity index is 3.84. The first-order valence-corrected chi connectivity index (χ1v) is 43.3. The maximum absolute atomic E-state index is 12.9. The predicted octanol–water partition coefficient (Wildman–Crippen LogP) is 27.6. The van der Waals surface area contributed by atoms with Crippen molar-refractivity contribution in [2.75, 3.05) is 47.5 Å². The maximum Gasteiger partial charge on any atom is 0.472 e. The number of phosphoric ester groups is 1. The van der Waals surface area contributed by atoms with Crippen LogP contribution in [-0.4, -0.2) is 74.9 Å². The van der Waals surface area contributed by atoms with Crippen molar-refractivity contribution in [3.05, 3.63) is 0 Å². The highest BCUT2D eigenvalue weighted by Gasteiger charge is 2.27. The zero-order valence-corrected chi connectivity index (χ0v) is 64.0. The number of unbranched alkanes of at least 4 members (excludes halogenated alkanes) is 66. The molecule has 2 atom stereocenters. The second-order valence-corrected chi connectivity index (χ2v) is 31.7. The molecular formula is C82H165NO8P+. The number of quaternary nitrogens is 1. The van der Waals surface area contributed by atoms with Crippen LogP contribution < -0.4 is 0 Å². The van der Waals surface area contributed by atoms with Crippen molar-refractivity contribution >= 4 is 19.8 Å². The highest BCUT2D eigenvalue weighted by molar-refractivity contribution is 7.47. The highest BCUT2D eigenvalue weighted by Crippen LogP contribution is 2.43. The lowest BCUT2D eigenvalue weighted by Crippen LogP contribution is -2.37. The quantitative estimate of drug-likeness (QED) is 0.0278. The fourth-order valence-electron chi connectivity index (χ4n) is 13.3. The second kappa shape index (κ2) is 74.2. The van der Waals surface area contributed by atoms with Gasteiger partial charge in [-0.1, -0.05) is 438 Å². The molecule has 0 aliphatic rings. The monoisotopic (exact) mass is 1320 g/mol. The summed E-state index contributed by atoms with van der Waals surface area (Å²) < 4.78 is 34.9. The maximum atomic E-state index is 12.9. The van der Waals surface area contributed by atoms with Gasteiger partial charge in [-0.15, -0.1) is 0 Å². The molecule has 0 aromatic carbocycles. The van der Waals surface area contributed by atoms with Crippen LogP contribution >= 0.6 is 7.82 Å². The zero-order valence-electron chi connectivity index (χ0n) is 63.1. The first-order valence-electron chi connectivity index (χ1n) is 41.8. The minimum atomic E-state index is -4.39. The predicted molar refractivity (Wildman–Crippen MR) is 400 cm³/mol. The number of phosphoric acid groups is 1. The van der Waals surface area contributed by atoms with E-state index in [2.05, 4.69) is 13.8 Å². The summed E-state index contributed by atoms with van der Waals surface area (Å²) in [7, 11) is 1.51. The van der Waals surface area contributed by atoms with Crippen molar-refractivity contribution in [3.63, 3.8) is 0 Å². The van der Waals surface area contributed by atoms with E-state index in [9.17, 15) is 19.0 Å². The van der Waals surface area contributed by atoms with Crippen LogP contribution in [0.15, 0.2) is 0 Å². The molecule has 0 spiro atoms. The van der Waals surface area contributed by atoms with Gasteiger partial charge in [-0.2, -0.15) is 0 Å². The number of rotatable bonds is 80. The summed E-state index contributed by atoms with van der Waals surface area (Å²) in [5.74, 6) is -0.764. The fourth-order valence-corrected chi connectivity index (χ4v) is 14.0. The highest BCUT2D eigenvalue weighted by atomic mass is 31.2. The van der Waals surface area contributed by atoms with E-state index < -0.39 is 26.5 Å². The molecular weight excluding hydrogens is 1160 g/mol. The third-order valence-corrected chi connectivity index (χ3v) is 20.6. The number of carbonyl (C=O) groups excluding carboxylic acids is 2. The molecule has 0 aliphatic heterocycles. The zero-order chi connectivity index (χ0) is 66.9. The molecule has 2 unspecified atom stereocenters. The van der Waals surface area contributed by atoms with Crippen LogP contribution in [0.3, 0.4) is 0 Å². The summed E-state index contributed by atoms with van der Waals surface area (Å²) in [6, 6.07) is 0. The van der Waals surface area contributed by atoms with Crippen molar-refractivity contribution in [3.8, 4) is 0 Å². The fraction of sp³-hybridized carbons (Fsp3) is 0.976. The molecule has 9 nitrogen and oxygen atoms in total. The molecule has 0 saturated carbocycles. The minimum Gasteiger partial charge on any atom is -0.462 e. The smallest absolute Gasteiger partial charge is 0.462 e. The average molecular weight is 1320 g/mol. The van der Waals surface area contributed by atoms with E-state index in [1.807, 2.05) is 21.1 Å². The van der Waals surface area contributed by atoms with Crippen molar-refractivity contribution < 1.29 is 42.1 Å². The molecule has 0 radical (unpaired) electrons. The molecule has 0 aliphatic carbocycles. The molecule has 10 heteroatoms. The molecule has 0 aromatic heterocycles. The van der Waals surface area contributed by atoms with Gasteiger partial charge in [-0.3, -0.25) is 18.6 Å². The molecule has 0 rings (SSSR count). The minimum absolute atomic E-state index is 0.0379. The van der Waals surface area contributed by atoms with E-state index in [-0.39, 0.29) is 25.6 Å². The molecule has 0 aromatic rings. The Morgan fingerprint density at radius 3 is 0.696 bits per heavy atom. The van der Waals surface area contributed by atoms with Gasteiger partial charge in [-0.25, -0.2) is 4.57 Å². The Morgan fingerprint density at radius 1 is 0.293 bits per heavy atom. The summed E-state index contributed by atoms with van der Waals surface area (Å²) >= 11 is 0. The van der Waals surface area contributed by atoms with Crippen molar-refractivity contribution in [2.45, 2.75) is 469 Å². The summed E-state index contributed by atoms with van der Waals surface area (Å²) in [5, 5.41) is 0. The summed E-state index contributed by atoms with van der Waals surface area (Å²) in [4.78, 5) is 36.0. The number of hydrogen-bond donors (Lipinski definition) is 1. The third-order valence-electron chi connectivity index (χ3n) is 19.6. The van der Waals surface area contributed by atoms with E-state index in [1.54, 1.807) is 0 Å². The van der Waals surface area contributed by atoms with Gasteiger partial charge in [0.25, 0.3) is 0 Å². The van der Waals surface area contributed by atoms with Gasteiger partial charge in [0.2, 0.25) is 0 Å². The number of carbonyl (C=O) groups is 2. The van der Waals surface area contributed by atoms with E-state index >= 15 is 0 Å². The van der Waals surface area contributed by atoms with Crippen molar-refractivity contribution in [1.82, 2.24) is 0 Å². The first-order chi connectivity index (χ1) is 45.0. The number of nitrogens with zero attached hydrogens (tertiary/aromatic N) is 1. The Labute approximate surface area is 575 Å². The van der Waals surface area contributed by atoms with Crippen LogP contribution in [0.1, 0.15) is 463 Å². The molecule has 0 saturated heterocycles. The molecule has 92 heavy (non-hydrogen) atoms. The van der Waals surface area contributed by atoms with Crippen molar-refractivity contribution in [1.29, 1.82) is 0 Å². The van der Waals surface area contributed by atoms with Gasteiger partial charge >= 0.3 is 19.8 Å². The normalized spacial score (nSPS) is 12.9. The van der Waals surface area contributed by atoms with Crippen LogP contribution in [-0.2, 0) is 32.7 Å². The van der Waals surface area contributed by atoms with Gasteiger partial charge in [0.15, 0.2) is 6.10 Å². The van der Waals surface area contributed by atoms with E-state index in [0.29, 0.717) is 17.4 Å². The summed E-state index contributed by atoms with van der Waals surface area (Å²) in [6.45, 7) is 4.55. The lowest BCUT2D eigenvalue weighted by Gasteiger charge is -2.24. The molecule has 0 fully saturated rings. The molecule has 0 heterocycles. The summed E-state index contributed by atoms with van der Waals surface area (Å²) in [6.07, 6.45) is 92.8. The largest absolute Gasteiger partial charge is 0.472 e. The van der Waals surface area contributed by atoms with Crippen LogP contribution in [0.2, 0.25) is 0 Å². The van der Waals surface area contributed by atoms with E-state index in [1.165, 1.54) is 398 Å². The van der Waals surface area contributed by atoms with E-state index in [4.69, 9.17) is 18.5 Å². The average Bonchev–Trinajstić information content (AvgIpc) is 1.95. The number of esters is 2. The molecule has 550 valence electrons. The van der Waals surface area contributed by atoms with Crippen LogP contribution in [0.4, 0.5) is 0 Å². The Morgan fingerprint density at radius 2 is 0.489 bits per heavy atom. The van der Waals surface area contributed by atoms with Crippen LogP contribution in [0.25, 0.3) is 0 Å². The first kappa shape index (κ1) is 91.0. The standard InChI is InChI=1S/C82H164NO8P/c1-6-8-10-12-14-16-18-20-22-24-26-28-30-32-34-36-37-38-39-40-41-42-43-44-45-46-47-49-51-53-55-57-59-61-63-65-67-69-71-73-75-82(85)91-80(79-90-92(86,87)89-77-76-83(3,4)5)78-88-81(84)74-72-70-68-66-64-62-60-58-56-54-52-50-48-35-33-31-29-27-25-23-21-19-17-15-13-11-9-7-2/h80H,6-79H2,1-5H3/p+1. The topological polar surface area (TPSA) is 108 Å². The SMILES string of the molecule is CCCCCCCCCCCCCCCCCCCCCCCCCCCCCCCCCCCCCCCCCCC(=O)OC(COC(=O)CCCCCCCCCCCCCCCCCCCCCCCCCCCCCC)COP(=O)(O)OCC[N+](C)(C)C. The van der Waals surface area contributed by atoms with Gasteiger partial charge in [0.05, 0.1) is 27.7 Å². The number of likely N-dealkylation sites (N-methyl/N-ethyl adjacent to an activating group) is 1. The van der Waals surface area contributed by atoms with Gasteiger partial charge in [-0.05, 0) is 12.8 Å². The van der Waals surface area contributed by atoms with E-state index in [0.717, 1.165) is 38.5 Å². The van der Waals surface area contributed by atoms with Crippen LogP contribution in [0.5, 0.6) is 0 Å². The second-order valence-electron chi connectivity index (χ2n) is 30.2. The third kappa shape index (κ3) is 78.0. The Bertz CT molecular complexity index is 1510. The Hall–Kier alpha value is -0.990. The van der Waals surface area contributed by atoms with Gasteiger partial charge in [0.1, 0.15) is 19.8 Å². The number of hydrogen-bond acceptors (Lipinski definition) is 7. The van der Waals surface area contributed by atoms with Crippen LogP contribution in [0, 0.1) is 0 Å². The lowest BCUT2D eigenvalue weighted by atomic mass is 10.0. The van der Waals surface area contributed by atoms with Crippen molar-refractivity contribution in [2.24, 2.45) is 0 Å². The molecule has 1 N–H and O–H groups in total. The molecule has 0 bridgehead atoms. The lowest BCUT2D eigenvalue weighted by molar-refractivity contribution is -0.870. The number of ether oxygens (including phenoxy) is 2. The molecule has 0 amide bonds. The summed E-state index contributed by atoms with van der Waals surface area (Å²) in [5.41, 5.74) is 0. The van der Waals surface area contributed by atoms with Gasteiger partial charge in [0, 0.05) is 12.8 Å².